The van der Waals surface area contributed by atoms with Crippen molar-refractivity contribution in [3.63, 3.8) is 0 Å². The van der Waals surface area contributed by atoms with Crippen LogP contribution in [0.5, 0.6) is 0 Å². The Balaban J connectivity index is 2.00. The maximum absolute atomic E-state index is 12.4. The average molecular weight is 309 g/mol. The summed E-state index contributed by atoms with van der Waals surface area (Å²) in [5, 5.41) is 3.33. The smallest absolute Gasteiger partial charge is 0.225 e. The second-order valence-corrected chi connectivity index (χ2v) is 9.83. The highest BCUT2D eigenvalue weighted by molar-refractivity contribution is 5.81. The molecule has 1 N–H and O–H groups in total. The number of nitrogens with one attached hydrogen (secondary N) is 1. The molecule has 2 rings (SSSR count). The molecule has 2 fully saturated rings. The number of likely N-dealkylation sites (tertiary alicyclic amines) is 1. The van der Waals surface area contributed by atoms with Gasteiger partial charge in [0.05, 0.1) is 0 Å². The maximum Gasteiger partial charge on any atom is 0.225 e. The highest BCUT2D eigenvalue weighted by Crippen LogP contribution is 2.34. The first-order chi connectivity index (χ1) is 10.0. The number of carbonyl (C=O) groups is 1. The van der Waals surface area contributed by atoms with E-state index in [4.69, 9.17) is 0 Å². The van der Waals surface area contributed by atoms with E-state index in [9.17, 15) is 4.79 Å². The molecule has 0 aromatic carbocycles. The normalized spacial score (nSPS) is 28.3. The minimum atomic E-state index is -0.293. The van der Waals surface area contributed by atoms with Gasteiger partial charge >= 0.3 is 0 Å². The third kappa shape index (κ3) is 4.97. The second kappa shape index (κ2) is 6.51. The van der Waals surface area contributed by atoms with E-state index in [1.165, 1.54) is 32.2 Å². The van der Waals surface area contributed by atoms with Gasteiger partial charge in [0, 0.05) is 30.6 Å². The topological polar surface area (TPSA) is 32.3 Å². The van der Waals surface area contributed by atoms with Crippen molar-refractivity contribution in [1.82, 2.24) is 10.2 Å². The molecule has 1 saturated carbocycles. The predicted molar refractivity (Wildman–Crippen MR) is 92.8 cm³/mol. The van der Waals surface area contributed by atoms with Crippen LogP contribution < -0.4 is 5.32 Å². The van der Waals surface area contributed by atoms with Crippen LogP contribution in [0.2, 0.25) is 0 Å². The number of amides is 1. The fourth-order valence-corrected chi connectivity index (χ4v) is 3.81. The lowest BCUT2D eigenvalue weighted by atomic mass is 9.78. The molecule has 128 valence electrons. The number of rotatable bonds is 3. The Kier molecular flexibility index (Phi) is 5.26. The van der Waals surface area contributed by atoms with E-state index >= 15 is 0 Å². The Morgan fingerprint density at radius 2 is 1.73 bits per heavy atom. The van der Waals surface area contributed by atoms with Crippen molar-refractivity contribution in [2.45, 2.75) is 85.7 Å². The number of hydrogen-bond donors (Lipinski definition) is 1. The fourth-order valence-electron chi connectivity index (χ4n) is 3.81. The molecule has 1 amide bonds. The SMILES string of the molecule is CC(C)(C)CC1CC(NC(=O)C(C)(C)C)CN(C2CCC2)C1. The van der Waals surface area contributed by atoms with Crippen LogP contribution in [0.4, 0.5) is 0 Å². The molecule has 1 aliphatic carbocycles. The second-order valence-electron chi connectivity index (χ2n) is 9.83. The van der Waals surface area contributed by atoms with Crippen LogP contribution in [0.1, 0.15) is 73.6 Å². The quantitative estimate of drug-likeness (QED) is 0.859. The van der Waals surface area contributed by atoms with Crippen molar-refractivity contribution in [2.75, 3.05) is 13.1 Å². The molecule has 2 atom stereocenters. The zero-order chi connectivity index (χ0) is 16.5. The van der Waals surface area contributed by atoms with E-state index in [-0.39, 0.29) is 11.3 Å². The Bertz CT molecular complexity index is 387. The van der Waals surface area contributed by atoms with Crippen LogP contribution in [0, 0.1) is 16.7 Å². The third-order valence-electron chi connectivity index (χ3n) is 5.07. The van der Waals surface area contributed by atoms with E-state index in [1.54, 1.807) is 0 Å². The Labute approximate surface area is 137 Å². The van der Waals surface area contributed by atoms with Gasteiger partial charge in [-0.25, -0.2) is 0 Å². The van der Waals surface area contributed by atoms with Crippen molar-refractivity contribution >= 4 is 5.91 Å². The predicted octanol–water partition coefficient (Wildman–Crippen LogP) is 3.83. The van der Waals surface area contributed by atoms with Gasteiger partial charge in [-0.15, -0.1) is 0 Å². The average Bonchev–Trinajstić information content (AvgIpc) is 2.21. The summed E-state index contributed by atoms with van der Waals surface area (Å²) in [5.74, 6) is 0.905. The van der Waals surface area contributed by atoms with E-state index in [0.29, 0.717) is 17.4 Å². The number of nitrogens with zero attached hydrogens (tertiary/aromatic N) is 1. The highest BCUT2D eigenvalue weighted by Gasteiger charge is 2.36. The third-order valence-corrected chi connectivity index (χ3v) is 5.07. The van der Waals surface area contributed by atoms with Crippen molar-refractivity contribution in [1.29, 1.82) is 0 Å². The monoisotopic (exact) mass is 308 g/mol. The van der Waals surface area contributed by atoms with Gasteiger partial charge in [-0.2, -0.15) is 0 Å². The molecule has 0 spiro atoms. The molecule has 0 aromatic rings. The first kappa shape index (κ1) is 17.8. The fraction of sp³-hybridized carbons (Fsp3) is 0.947. The van der Waals surface area contributed by atoms with Crippen molar-refractivity contribution in [2.24, 2.45) is 16.7 Å². The number of piperidine rings is 1. The largest absolute Gasteiger partial charge is 0.352 e. The molecule has 2 aliphatic rings. The van der Waals surface area contributed by atoms with E-state index in [0.717, 1.165) is 19.0 Å². The summed E-state index contributed by atoms with van der Waals surface area (Å²) in [6.07, 6.45) is 6.47. The van der Waals surface area contributed by atoms with Gasteiger partial charge < -0.3 is 5.32 Å². The van der Waals surface area contributed by atoms with Crippen LogP contribution in [0.3, 0.4) is 0 Å². The molecule has 3 nitrogen and oxygen atoms in total. The lowest BCUT2D eigenvalue weighted by molar-refractivity contribution is -0.130. The minimum Gasteiger partial charge on any atom is -0.352 e. The van der Waals surface area contributed by atoms with Gasteiger partial charge in [0.1, 0.15) is 0 Å². The van der Waals surface area contributed by atoms with Crippen LogP contribution in [0.25, 0.3) is 0 Å². The standard InChI is InChI=1S/C19H36N2O/c1-18(2,3)11-14-10-15(20-17(22)19(4,5)6)13-21(12-14)16-8-7-9-16/h14-16H,7-13H2,1-6H3,(H,20,22). The zero-order valence-corrected chi connectivity index (χ0v) is 15.5. The Hall–Kier alpha value is -0.570. The van der Waals surface area contributed by atoms with Crippen molar-refractivity contribution in [3.8, 4) is 0 Å². The molecular formula is C19H36N2O. The Morgan fingerprint density at radius 1 is 1.09 bits per heavy atom. The first-order valence-electron chi connectivity index (χ1n) is 9.09. The van der Waals surface area contributed by atoms with Gasteiger partial charge in [0.15, 0.2) is 0 Å². The summed E-state index contributed by atoms with van der Waals surface area (Å²) in [4.78, 5) is 15.0. The summed E-state index contributed by atoms with van der Waals surface area (Å²) in [6, 6.07) is 1.10. The molecular weight excluding hydrogens is 272 g/mol. The van der Waals surface area contributed by atoms with E-state index in [1.807, 2.05) is 20.8 Å². The van der Waals surface area contributed by atoms with E-state index < -0.39 is 0 Å². The van der Waals surface area contributed by atoms with Crippen molar-refractivity contribution in [3.05, 3.63) is 0 Å². The van der Waals surface area contributed by atoms with Crippen LogP contribution in [-0.2, 0) is 4.79 Å². The zero-order valence-electron chi connectivity index (χ0n) is 15.5. The van der Waals surface area contributed by atoms with Gasteiger partial charge in [0.2, 0.25) is 5.91 Å². The molecule has 2 unspecified atom stereocenters. The molecule has 22 heavy (non-hydrogen) atoms. The summed E-state index contributed by atoms with van der Waals surface area (Å²) in [7, 11) is 0. The number of hydrogen-bond acceptors (Lipinski definition) is 2. The molecule has 0 aromatic heterocycles. The molecule has 0 bridgehead atoms. The van der Waals surface area contributed by atoms with Gasteiger partial charge in [-0.05, 0) is 37.0 Å². The molecule has 1 heterocycles. The summed E-state index contributed by atoms with van der Waals surface area (Å²) in [5.41, 5.74) is 0.0736. The van der Waals surface area contributed by atoms with Gasteiger partial charge in [-0.3, -0.25) is 9.69 Å². The van der Waals surface area contributed by atoms with Crippen LogP contribution in [0.15, 0.2) is 0 Å². The lowest BCUT2D eigenvalue weighted by Crippen LogP contribution is -2.56. The molecule has 3 heteroatoms. The lowest BCUT2D eigenvalue weighted by Gasteiger charge is -2.46. The maximum atomic E-state index is 12.4. The highest BCUT2D eigenvalue weighted by atomic mass is 16.2. The summed E-state index contributed by atoms with van der Waals surface area (Å²) in [6.45, 7) is 15.3. The minimum absolute atomic E-state index is 0.197. The van der Waals surface area contributed by atoms with Crippen molar-refractivity contribution < 1.29 is 4.79 Å². The summed E-state index contributed by atoms with van der Waals surface area (Å²) >= 11 is 0. The summed E-state index contributed by atoms with van der Waals surface area (Å²) < 4.78 is 0. The molecule has 0 radical (unpaired) electrons. The van der Waals surface area contributed by atoms with E-state index in [2.05, 4.69) is 31.0 Å². The van der Waals surface area contributed by atoms with Gasteiger partial charge in [0.25, 0.3) is 0 Å². The van der Waals surface area contributed by atoms with Gasteiger partial charge in [-0.1, -0.05) is 48.0 Å². The Morgan fingerprint density at radius 3 is 2.18 bits per heavy atom. The molecule has 1 saturated heterocycles. The van der Waals surface area contributed by atoms with Crippen LogP contribution >= 0.6 is 0 Å². The number of carbonyl (C=O) groups excluding carboxylic acids is 1. The van der Waals surface area contributed by atoms with Crippen LogP contribution in [-0.4, -0.2) is 36.0 Å². The molecule has 1 aliphatic heterocycles. The first-order valence-corrected chi connectivity index (χ1v) is 9.09.